The summed E-state index contributed by atoms with van der Waals surface area (Å²) in [5.74, 6) is -4.70. The number of nitrogens with two attached hydrogens (primary N) is 1. The number of carbonyl (C=O) groups is 1. The van der Waals surface area contributed by atoms with Crippen molar-refractivity contribution >= 4 is 33.9 Å². The first kappa shape index (κ1) is 28.3. The minimum Gasteiger partial charge on any atom is -0.428 e. The third-order valence-electron chi connectivity index (χ3n) is 6.21. The number of rotatable bonds is 7. The van der Waals surface area contributed by atoms with E-state index in [9.17, 15) is 13.2 Å². The number of nitrogens with one attached hydrogen (secondary N) is 1. The molecule has 36 heavy (non-hydrogen) atoms. The van der Waals surface area contributed by atoms with Crippen molar-refractivity contribution in [3.63, 3.8) is 0 Å². The minimum atomic E-state index is -4.80. The fourth-order valence-electron chi connectivity index (χ4n) is 4.41. The van der Waals surface area contributed by atoms with Gasteiger partial charge in [0.1, 0.15) is 10.6 Å². The molecule has 0 unspecified atom stereocenters. The maximum absolute atomic E-state index is 15.8. The van der Waals surface area contributed by atoms with Crippen molar-refractivity contribution in [2.75, 3.05) is 5.32 Å². The van der Waals surface area contributed by atoms with Gasteiger partial charge in [-0.05, 0) is 25.0 Å². The predicted molar refractivity (Wildman–Crippen MR) is 133 cm³/mol. The molecule has 11 heteroatoms. The highest BCUT2D eigenvalue weighted by atomic mass is 32.2. The van der Waals surface area contributed by atoms with E-state index in [2.05, 4.69) is 5.32 Å². The Morgan fingerprint density at radius 2 is 1.44 bits per heavy atom. The number of ether oxygens (including phenoxy) is 1. The average Bonchev–Trinajstić information content (AvgIpc) is 2.82. The normalized spacial score (nSPS) is 16.6. The Balaban J connectivity index is 2.02. The van der Waals surface area contributed by atoms with Crippen molar-refractivity contribution in [1.29, 1.82) is 0 Å². The minimum absolute atomic E-state index is 0.0149. The topological polar surface area (TPSA) is 98.5 Å². The number of anilines is 1. The number of hydrogen-bond donors (Lipinski definition) is 2. The Hall–Kier alpha value is -2.24. The van der Waals surface area contributed by atoms with E-state index in [-0.39, 0.29) is 23.2 Å². The standard InChI is InChI=1S/C25H31F3N2O4S2/c26-20-21(27)25(36(29,32)33)23(30-17-12-8-6-4-2-1-3-5-7-9-13-17)22(28)24(20)35-19-15-11-10-14-18(19)34-16-31/h10-11,14-17,30H,1-9,12-13H2,(H2,29,32,33). The summed E-state index contributed by atoms with van der Waals surface area (Å²) in [4.78, 5) is 8.95. The molecule has 0 bridgehead atoms. The van der Waals surface area contributed by atoms with Crippen LogP contribution in [0.25, 0.3) is 0 Å². The average molecular weight is 545 g/mol. The Morgan fingerprint density at radius 3 is 2.00 bits per heavy atom. The lowest BCUT2D eigenvalue weighted by atomic mass is 9.97. The van der Waals surface area contributed by atoms with Crippen LogP contribution < -0.4 is 15.2 Å². The first-order valence-electron chi connectivity index (χ1n) is 12.1. The molecular weight excluding hydrogens is 513 g/mol. The van der Waals surface area contributed by atoms with Crippen LogP contribution in [0.1, 0.15) is 70.6 Å². The zero-order chi connectivity index (χ0) is 26.1. The van der Waals surface area contributed by atoms with Gasteiger partial charge >= 0.3 is 0 Å². The van der Waals surface area contributed by atoms with E-state index in [1.165, 1.54) is 18.6 Å². The second-order valence-corrected chi connectivity index (χ2v) is 11.4. The molecule has 0 amide bonds. The van der Waals surface area contributed by atoms with Gasteiger partial charge in [0.05, 0.1) is 15.5 Å². The maximum atomic E-state index is 15.8. The third-order valence-corrected chi connectivity index (χ3v) is 8.28. The number of hydrogen-bond acceptors (Lipinski definition) is 6. The third kappa shape index (κ3) is 7.39. The summed E-state index contributed by atoms with van der Waals surface area (Å²) >= 11 is 0.486. The molecule has 3 rings (SSSR count). The van der Waals surface area contributed by atoms with Crippen LogP contribution in [0, 0.1) is 17.5 Å². The van der Waals surface area contributed by atoms with E-state index in [4.69, 9.17) is 9.88 Å². The van der Waals surface area contributed by atoms with Crippen LogP contribution in [0.4, 0.5) is 18.9 Å². The molecular formula is C25H31F3N2O4S2. The van der Waals surface area contributed by atoms with Crippen molar-refractivity contribution < 1.29 is 31.1 Å². The number of para-hydroxylation sites is 1. The SMILES string of the molecule is NS(=O)(=O)c1c(F)c(F)c(Sc2ccccc2OC=O)c(F)c1NC1CCCCCCCCCCC1. The van der Waals surface area contributed by atoms with Crippen LogP contribution in [0.2, 0.25) is 0 Å². The van der Waals surface area contributed by atoms with Crippen LogP contribution in [0.5, 0.6) is 5.75 Å². The zero-order valence-corrected chi connectivity index (χ0v) is 21.5. The van der Waals surface area contributed by atoms with Crippen molar-refractivity contribution in [2.24, 2.45) is 5.14 Å². The van der Waals surface area contributed by atoms with E-state index in [0.29, 0.717) is 24.6 Å². The lowest BCUT2D eigenvalue weighted by molar-refractivity contribution is -0.120. The van der Waals surface area contributed by atoms with Gasteiger partial charge in [0.2, 0.25) is 10.0 Å². The van der Waals surface area contributed by atoms with Crippen LogP contribution in [0.3, 0.4) is 0 Å². The van der Waals surface area contributed by atoms with Gasteiger partial charge in [-0.2, -0.15) is 0 Å². The second kappa shape index (κ2) is 13.3. The summed E-state index contributed by atoms with van der Waals surface area (Å²) < 4.78 is 75.3. The molecule has 2 aromatic rings. The Morgan fingerprint density at radius 1 is 0.889 bits per heavy atom. The molecule has 0 atom stereocenters. The lowest BCUT2D eigenvalue weighted by Gasteiger charge is -2.24. The van der Waals surface area contributed by atoms with Gasteiger partial charge in [-0.1, -0.05) is 81.7 Å². The lowest BCUT2D eigenvalue weighted by Crippen LogP contribution is -2.25. The summed E-state index contributed by atoms with van der Waals surface area (Å²) in [5, 5.41) is 8.07. The highest BCUT2D eigenvalue weighted by molar-refractivity contribution is 7.99. The smallest absolute Gasteiger partial charge is 0.298 e. The summed E-state index contributed by atoms with van der Waals surface area (Å²) in [6, 6.07) is 5.61. The molecule has 0 spiro atoms. The molecule has 1 aliphatic carbocycles. The first-order valence-corrected chi connectivity index (χ1v) is 14.5. The van der Waals surface area contributed by atoms with E-state index in [1.807, 2.05) is 0 Å². The fraction of sp³-hybridized carbons (Fsp3) is 0.480. The summed E-state index contributed by atoms with van der Waals surface area (Å²) in [6.45, 7) is 0.160. The molecule has 0 radical (unpaired) electrons. The van der Waals surface area contributed by atoms with Gasteiger partial charge in [0, 0.05) is 6.04 Å². The van der Waals surface area contributed by atoms with E-state index < -0.39 is 43.0 Å². The molecule has 3 N–H and O–H groups in total. The monoisotopic (exact) mass is 544 g/mol. The van der Waals surface area contributed by atoms with Gasteiger partial charge in [-0.25, -0.2) is 26.7 Å². The molecule has 2 aromatic carbocycles. The quantitative estimate of drug-likeness (QED) is 0.304. The Kier molecular flexibility index (Phi) is 10.5. The molecule has 198 valence electrons. The highest BCUT2D eigenvalue weighted by Crippen LogP contribution is 2.43. The van der Waals surface area contributed by atoms with Gasteiger partial charge in [-0.15, -0.1) is 0 Å². The van der Waals surface area contributed by atoms with E-state index in [1.54, 1.807) is 12.1 Å². The van der Waals surface area contributed by atoms with E-state index in [0.717, 1.165) is 51.4 Å². The molecule has 0 heterocycles. The maximum Gasteiger partial charge on any atom is 0.298 e. The Labute approximate surface area is 214 Å². The van der Waals surface area contributed by atoms with Crippen molar-refractivity contribution in [1.82, 2.24) is 0 Å². The summed E-state index contributed by atoms with van der Waals surface area (Å²) in [7, 11) is -4.80. The predicted octanol–water partition coefficient (Wildman–Crippen LogP) is 6.52. The molecule has 0 saturated heterocycles. The number of halogens is 3. The molecule has 1 saturated carbocycles. The van der Waals surface area contributed by atoms with Gasteiger partial charge in [0.15, 0.2) is 17.5 Å². The number of sulfonamides is 1. The van der Waals surface area contributed by atoms with Crippen molar-refractivity contribution in [3.05, 3.63) is 41.7 Å². The zero-order valence-electron chi connectivity index (χ0n) is 19.9. The number of carbonyl (C=O) groups excluding carboxylic acids is 1. The van der Waals surface area contributed by atoms with Gasteiger partial charge in [0.25, 0.3) is 6.47 Å². The summed E-state index contributed by atoms with van der Waals surface area (Å²) in [6.07, 6.45) is 10.6. The molecule has 0 aromatic heterocycles. The largest absolute Gasteiger partial charge is 0.428 e. The molecule has 1 aliphatic rings. The molecule has 1 fully saturated rings. The van der Waals surface area contributed by atoms with Crippen LogP contribution in [0.15, 0.2) is 39.0 Å². The molecule has 0 aliphatic heterocycles. The fourth-order valence-corrected chi connectivity index (χ4v) is 6.14. The Bertz CT molecular complexity index is 1150. The van der Waals surface area contributed by atoms with Gasteiger partial charge in [-0.3, -0.25) is 4.79 Å². The van der Waals surface area contributed by atoms with Crippen molar-refractivity contribution in [3.8, 4) is 5.75 Å². The van der Waals surface area contributed by atoms with Crippen LogP contribution in [-0.2, 0) is 14.8 Å². The van der Waals surface area contributed by atoms with Crippen LogP contribution in [-0.4, -0.2) is 20.9 Å². The second-order valence-electron chi connectivity index (χ2n) is 8.88. The highest BCUT2D eigenvalue weighted by Gasteiger charge is 2.32. The molecule has 6 nitrogen and oxygen atoms in total. The number of primary sulfonamides is 1. The number of benzene rings is 2. The summed E-state index contributed by atoms with van der Waals surface area (Å²) in [5.41, 5.74) is -0.676. The van der Waals surface area contributed by atoms with E-state index >= 15 is 13.2 Å². The van der Waals surface area contributed by atoms with Crippen molar-refractivity contribution in [2.45, 2.75) is 91.4 Å². The van der Waals surface area contributed by atoms with Crippen LogP contribution >= 0.6 is 11.8 Å². The van der Waals surface area contributed by atoms with Gasteiger partial charge < -0.3 is 10.1 Å². The first-order chi connectivity index (χ1) is 17.2.